The van der Waals surface area contributed by atoms with Gasteiger partial charge in [-0.25, -0.2) is 4.98 Å². The summed E-state index contributed by atoms with van der Waals surface area (Å²) in [6.07, 6.45) is 2.91. The number of methoxy groups -OCH3 is 2. The van der Waals surface area contributed by atoms with Gasteiger partial charge >= 0.3 is 0 Å². The second-order valence-electron chi connectivity index (χ2n) is 14.2. The minimum atomic E-state index is -1.44. The first-order valence-corrected chi connectivity index (χ1v) is 18.9. The lowest BCUT2D eigenvalue weighted by molar-refractivity contribution is -0.138. The van der Waals surface area contributed by atoms with Crippen LogP contribution in [0.2, 0.25) is 0 Å². The topological polar surface area (TPSA) is 202 Å². The van der Waals surface area contributed by atoms with Crippen LogP contribution in [0.15, 0.2) is 60.9 Å². The maximum atomic E-state index is 13.8. The number of rotatable bonds is 6. The molecule has 0 radical (unpaired) electrons. The number of aryl methyl sites for hydroxylation is 1. The maximum Gasteiger partial charge on any atom is 0.251 e. The highest BCUT2D eigenvalue weighted by Gasteiger charge is 2.32. The Hall–Kier alpha value is -6.16. The number of amides is 5. The zero-order valence-corrected chi connectivity index (χ0v) is 33.1. The van der Waals surface area contributed by atoms with Gasteiger partial charge in [-0.2, -0.15) is 0 Å². The Kier molecular flexibility index (Phi) is 14.1. The number of fused-ring (bicyclic) bond motifs is 4. The van der Waals surface area contributed by atoms with Gasteiger partial charge in [-0.15, -0.1) is 0 Å². The number of benzene rings is 2. The van der Waals surface area contributed by atoms with Crippen LogP contribution in [0.3, 0.4) is 0 Å². The first kappa shape index (κ1) is 42.0. The summed E-state index contributed by atoms with van der Waals surface area (Å²) >= 11 is 0. The number of aliphatic hydroxyl groups excluding tert-OH is 1. The molecule has 57 heavy (non-hydrogen) atoms. The van der Waals surface area contributed by atoms with Gasteiger partial charge in [-0.3, -0.25) is 24.0 Å². The Morgan fingerprint density at radius 1 is 0.930 bits per heavy atom. The molecule has 0 aliphatic carbocycles. The van der Waals surface area contributed by atoms with E-state index in [-0.39, 0.29) is 43.6 Å². The van der Waals surface area contributed by atoms with Gasteiger partial charge in [0, 0.05) is 31.0 Å². The lowest BCUT2D eigenvalue weighted by Gasteiger charge is -2.28. The lowest BCUT2D eigenvalue weighted by atomic mass is 10.0. The van der Waals surface area contributed by atoms with Gasteiger partial charge in [-0.1, -0.05) is 26.0 Å². The average Bonchev–Trinajstić information content (AvgIpc) is 3.60. The summed E-state index contributed by atoms with van der Waals surface area (Å²) < 4.78 is 19.2. The van der Waals surface area contributed by atoms with E-state index in [2.05, 4.69) is 26.3 Å². The van der Waals surface area contributed by atoms with Crippen LogP contribution in [0.1, 0.15) is 60.8 Å². The van der Waals surface area contributed by atoms with E-state index in [1.165, 1.54) is 26.0 Å². The number of aliphatic hydroxyl groups is 1. The van der Waals surface area contributed by atoms with Gasteiger partial charge < -0.3 is 49.9 Å². The minimum Gasteiger partial charge on any atom is -0.496 e. The van der Waals surface area contributed by atoms with Crippen LogP contribution in [-0.4, -0.2) is 101 Å². The van der Waals surface area contributed by atoms with Crippen molar-refractivity contribution in [2.45, 2.75) is 71.7 Å². The fourth-order valence-corrected chi connectivity index (χ4v) is 6.51. The Bertz CT molecular complexity index is 2100. The number of ether oxygens (including phenoxy) is 3. The summed E-state index contributed by atoms with van der Waals surface area (Å²) in [6, 6.07) is 11.1. The number of imidazole rings is 1. The molecule has 16 nitrogen and oxygen atoms in total. The Balaban J connectivity index is 1.44. The molecule has 0 saturated carbocycles. The summed E-state index contributed by atoms with van der Waals surface area (Å²) in [7, 11) is 2.95. The third kappa shape index (κ3) is 10.4. The quantitative estimate of drug-likeness (QED) is 0.194. The van der Waals surface area contributed by atoms with Gasteiger partial charge in [-0.05, 0) is 74.6 Å². The van der Waals surface area contributed by atoms with Crippen molar-refractivity contribution in [3.05, 3.63) is 83.3 Å². The zero-order valence-electron chi connectivity index (χ0n) is 33.1. The highest BCUT2D eigenvalue weighted by molar-refractivity contribution is 5.95. The highest BCUT2D eigenvalue weighted by Crippen LogP contribution is 2.37. The number of carbonyl (C=O) groups excluding carboxylic acids is 5. The van der Waals surface area contributed by atoms with Crippen molar-refractivity contribution >= 4 is 35.2 Å². The lowest BCUT2D eigenvalue weighted by Crippen LogP contribution is -2.59. The maximum absolute atomic E-state index is 13.8. The molecule has 3 atom stereocenters. The highest BCUT2D eigenvalue weighted by atomic mass is 16.5. The summed E-state index contributed by atoms with van der Waals surface area (Å²) in [5.41, 5.74) is 3.06. The Labute approximate surface area is 331 Å². The summed E-state index contributed by atoms with van der Waals surface area (Å²) in [5.74, 6) is -1.81. The van der Waals surface area contributed by atoms with E-state index in [9.17, 15) is 29.1 Å². The molecule has 2 aromatic carbocycles. The van der Waals surface area contributed by atoms with Crippen molar-refractivity contribution in [3.63, 3.8) is 0 Å². The Morgan fingerprint density at radius 2 is 1.70 bits per heavy atom. The number of hydrogen-bond donors (Lipinski definition) is 5. The van der Waals surface area contributed by atoms with Crippen LogP contribution < -0.4 is 35.5 Å². The molecule has 0 fully saturated rings. The van der Waals surface area contributed by atoms with Gasteiger partial charge in [0.2, 0.25) is 23.6 Å². The van der Waals surface area contributed by atoms with Crippen molar-refractivity contribution in [2.75, 3.05) is 33.9 Å². The van der Waals surface area contributed by atoms with Gasteiger partial charge in [0.15, 0.2) is 11.5 Å². The van der Waals surface area contributed by atoms with E-state index in [4.69, 9.17) is 14.2 Å². The van der Waals surface area contributed by atoms with E-state index in [0.717, 1.165) is 5.56 Å². The van der Waals surface area contributed by atoms with Crippen molar-refractivity contribution in [2.24, 2.45) is 5.92 Å². The first-order chi connectivity index (χ1) is 27.3. The average molecular weight is 786 g/mol. The molecule has 2 bridgehead atoms. The van der Waals surface area contributed by atoms with Crippen molar-refractivity contribution in [1.82, 2.24) is 35.6 Å². The number of carbonyl (C=O) groups is 5. The van der Waals surface area contributed by atoms with Crippen LogP contribution in [0.4, 0.5) is 0 Å². The van der Waals surface area contributed by atoms with Crippen molar-refractivity contribution in [3.8, 4) is 23.0 Å². The predicted molar refractivity (Wildman–Crippen MR) is 210 cm³/mol. The first-order valence-electron chi connectivity index (χ1n) is 18.9. The van der Waals surface area contributed by atoms with Crippen molar-refractivity contribution < 1.29 is 43.3 Å². The monoisotopic (exact) mass is 785 g/mol. The molecule has 0 spiro atoms. The van der Waals surface area contributed by atoms with Crippen LogP contribution in [0.5, 0.6) is 23.0 Å². The van der Waals surface area contributed by atoms with Crippen LogP contribution >= 0.6 is 0 Å². The molecule has 1 aliphatic heterocycles. The number of nitrogens with zero attached hydrogens (tertiary/aromatic N) is 3. The van der Waals surface area contributed by atoms with Crippen LogP contribution in [0.25, 0.3) is 5.65 Å². The fraction of sp³-hybridized carbons (Fsp3) is 0.415. The van der Waals surface area contributed by atoms with E-state index in [1.807, 2.05) is 29.7 Å². The molecule has 5 rings (SSSR count). The van der Waals surface area contributed by atoms with Crippen molar-refractivity contribution in [1.29, 1.82) is 0 Å². The molecule has 3 heterocycles. The second kappa shape index (κ2) is 19.1. The van der Waals surface area contributed by atoms with Gasteiger partial charge in [0.05, 0.1) is 51.1 Å². The SMILES string of the molecule is COc1ccc2cc1Oc1cccc(OC)c1CNC(=O)[C@@H](C(C)C)NC(=O)[C@H]([C@@H](C)O)NC(=O)CN(C(=O)Cc1cnc3c(C)cccn13)CCCCNC2=O. The van der Waals surface area contributed by atoms with E-state index in [0.29, 0.717) is 52.6 Å². The molecule has 5 N–H and O–H groups in total. The summed E-state index contributed by atoms with van der Waals surface area (Å²) in [4.78, 5) is 73.8. The molecular weight excluding hydrogens is 734 g/mol. The molecule has 0 saturated heterocycles. The third-order valence-electron chi connectivity index (χ3n) is 9.69. The zero-order chi connectivity index (χ0) is 41.2. The molecule has 16 heteroatoms. The van der Waals surface area contributed by atoms with Gasteiger partial charge in [0.1, 0.15) is 29.2 Å². The fourth-order valence-electron chi connectivity index (χ4n) is 6.51. The minimum absolute atomic E-state index is 0.0578. The normalized spacial score (nSPS) is 18.4. The largest absolute Gasteiger partial charge is 0.496 e. The smallest absolute Gasteiger partial charge is 0.251 e. The third-order valence-corrected chi connectivity index (χ3v) is 9.69. The van der Waals surface area contributed by atoms with E-state index < -0.39 is 48.4 Å². The standard InChI is InChI=1S/C41H51N7O9/c1-24(2)36-40(53)44-22-29-30(55-5)12-9-13-31(29)57-33-19-27(14-15-32(33)56-6)39(52)42-16-7-8-17-47(23-34(50)45-37(26(4)49)41(54)46-36)35(51)20-28-21-43-38-25(3)11-10-18-48(28)38/h9-15,18-19,21,24,26,36-37,49H,7-8,16-17,20,22-23H2,1-6H3,(H,42,52)(H,44,53)(H,45,50)(H,46,54)/t26-,36-,37+/m1/s1. The summed E-state index contributed by atoms with van der Waals surface area (Å²) in [5, 5.41) is 21.7. The number of hydrogen-bond acceptors (Lipinski definition) is 10. The molecular formula is C41H51N7O9. The molecule has 304 valence electrons. The van der Waals surface area contributed by atoms with E-state index in [1.54, 1.807) is 56.4 Å². The number of aromatic nitrogens is 2. The number of nitrogens with one attached hydrogen (secondary N) is 4. The van der Waals surface area contributed by atoms with Crippen LogP contribution in [-0.2, 0) is 32.1 Å². The number of pyridine rings is 1. The predicted octanol–water partition coefficient (Wildman–Crippen LogP) is 2.67. The van der Waals surface area contributed by atoms with Crippen LogP contribution in [0, 0.1) is 12.8 Å². The van der Waals surface area contributed by atoms with E-state index >= 15 is 0 Å². The van der Waals surface area contributed by atoms with Gasteiger partial charge in [0.25, 0.3) is 5.91 Å². The molecule has 2 aromatic heterocycles. The summed E-state index contributed by atoms with van der Waals surface area (Å²) in [6.45, 7) is 6.69. The molecule has 1 aliphatic rings. The second-order valence-corrected chi connectivity index (χ2v) is 14.2. The molecule has 4 aromatic rings. The molecule has 0 unspecified atom stereocenters. The molecule has 5 amide bonds. The Morgan fingerprint density at radius 3 is 2.42 bits per heavy atom.